The Morgan fingerprint density at radius 3 is 2.67 bits per heavy atom. The van der Waals surface area contributed by atoms with Gasteiger partial charge in [0.2, 0.25) is 5.91 Å². The lowest BCUT2D eigenvalue weighted by molar-refractivity contribution is -0.118. The first-order valence-corrected chi connectivity index (χ1v) is 11.2. The van der Waals surface area contributed by atoms with E-state index in [0.29, 0.717) is 29.8 Å². The number of carbonyl (C=O) groups excluding carboxylic acids is 1. The van der Waals surface area contributed by atoms with Gasteiger partial charge in [0.1, 0.15) is 0 Å². The molecule has 3 heterocycles. The Hall–Kier alpha value is -3.42. The molecule has 2 aliphatic heterocycles. The molecule has 2 aromatic carbocycles. The minimum absolute atomic E-state index is 0.0311. The monoisotopic (exact) mass is 451 g/mol. The third-order valence-corrected chi connectivity index (χ3v) is 6.53. The molecule has 2 atom stereocenters. The molecule has 0 bridgehead atoms. The number of anilines is 3. The molecule has 0 fully saturated rings. The van der Waals surface area contributed by atoms with E-state index in [0.717, 1.165) is 23.4 Å². The van der Waals surface area contributed by atoms with Crippen LogP contribution in [-0.4, -0.2) is 28.3 Å². The molecule has 1 N–H and O–H groups in total. The normalized spacial score (nSPS) is 20.4. The number of carbonyl (C=O) groups is 1. The fourth-order valence-corrected chi connectivity index (χ4v) is 4.87. The van der Waals surface area contributed by atoms with Gasteiger partial charge in [-0.05, 0) is 54.7 Å². The van der Waals surface area contributed by atoms with Crippen molar-refractivity contribution in [1.29, 1.82) is 0 Å². The quantitative estimate of drug-likeness (QED) is 0.572. The number of fused-ring (bicyclic) bond motifs is 2. The molecule has 3 aromatic rings. The van der Waals surface area contributed by atoms with E-state index in [-0.39, 0.29) is 23.4 Å². The minimum Gasteiger partial charge on any atom is -0.380 e. The zero-order valence-corrected chi connectivity index (χ0v) is 18.9. The molecule has 1 amide bonds. The standard InChI is InChI=1S/C25H27F2N5O/c1-15-8-9-31(32-22-7-5-4-6-21(22)29-16(2)10-24(32)33)23-12-20(25(26)27)19(11-18(15)23)17-13-28-30(3)14-17/h4-7,11-16,25,29H,8-10H2,1-3H3/t15-,16-/m1/s1. The maximum absolute atomic E-state index is 14.3. The number of nitrogens with zero attached hydrogens (tertiary/aromatic N) is 4. The Morgan fingerprint density at radius 1 is 1.15 bits per heavy atom. The Morgan fingerprint density at radius 2 is 1.94 bits per heavy atom. The highest BCUT2D eigenvalue weighted by Gasteiger charge is 2.35. The number of hydrazine groups is 1. The number of rotatable bonds is 3. The summed E-state index contributed by atoms with van der Waals surface area (Å²) in [6.07, 6.45) is 1.83. The van der Waals surface area contributed by atoms with Crippen molar-refractivity contribution in [1.82, 2.24) is 9.78 Å². The number of benzene rings is 2. The van der Waals surface area contributed by atoms with Crippen molar-refractivity contribution in [3.8, 4) is 11.1 Å². The summed E-state index contributed by atoms with van der Waals surface area (Å²) in [5, 5.41) is 11.1. The van der Waals surface area contributed by atoms with Gasteiger partial charge in [0.05, 0.1) is 23.3 Å². The first-order chi connectivity index (χ1) is 15.8. The van der Waals surface area contributed by atoms with E-state index in [9.17, 15) is 13.6 Å². The lowest BCUT2D eigenvalue weighted by atomic mass is 9.87. The van der Waals surface area contributed by atoms with Crippen LogP contribution in [0.2, 0.25) is 0 Å². The van der Waals surface area contributed by atoms with Gasteiger partial charge in [-0.1, -0.05) is 19.1 Å². The van der Waals surface area contributed by atoms with Crippen molar-refractivity contribution < 1.29 is 13.6 Å². The number of halogens is 2. The van der Waals surface area contributed by atoms with Gasteiger partial charge in [-0.3, -0.25) is 14.5 Å². The molecule has 0 saturated carbocycles. The number of hydrogen-bond acceptors (Lipinski definition) is 4. The molecule has 8 heteroatoms. The second-order valence-electron chi connectivity index (χ2n) is 8.99. The number of para-hydroxylation sites is 2. The summed E-state index contributed by atoms with van der Waals surface area (Å²) in [5.41, 5.74) is 4.31. The van der Waals surface area contributed by atoms with E-state index in [1.54, 1.807) is 35.2 Å². The largest absolute Gasteiger partial charge is 0.380 e. The van der Waals surface area contributed by atoms with E-state index in [2.05, 4.69) is 17.3 Å². The predicted molar refractivity (Wildman–Crippen MR) is 126 cm³/mol. The number of aryl methyl sites for hydroxylation is 1. The molecule has 6 nitrogen and oxygen atoms in total. The van der Waals surface area contributed by atoms with Crippen molar-refractivity contribution in [3.63, 3.8) is 0 Å². The van der Waals surface area contributed by atoms with Crippen LogP contribution in [0.5, 0.6) is 0 Å². The van der Waals surface area contributed by atoms with E-state index in [1.165, 1.54) is 0 Å². The van der Waals surface area contributed by atoms with Crippen molar-refractivity contribution >= 4 is 23.0 Å². The van der Waals surface area contributed by atoms with Gasteiger partial charge in [0, 0.05) is 43.4 Å². The zero-order chi connectivity index (χ0) is 23.3. The maximum atomic E-state index is 14.3. The molecule has 5 rings (SSSR count). The van der Waals surface area contributed by atoms with E-state index in [4.69, 9.17) is 0 Å². The fraction of sp³-hybridized carbons (Fsp3) is 0.360. The third kappa shape index (κ3) is 3.73. The number of nitrogens with one attached hydrogen (secondary N) is 1. The molecule has 0 unspecified atom stereocenters. The molecule has 0 radical (unpaired) electrons. The van der Waals surface area contributed by atoms with E-state index >= 15 is 0 Å². The van der Waals surface area contributed by atoms with Crippen molar-refractivity contribution in [2.45, 2.75) is 45.1 Å². The van der Waals surface area contributed by atoms with Gasteiger partial charge < -0.3 is 5.32 Å². The summed E-state index contributed by atoms with van der Waals surface area (Å²) in [7, 11) is 1.77. The Bertz CT molecular complexity index is 1210. The summed E-state index contributed by atoms with van der Waals surface area (Å²) in [4.78, 5) is 13.4. The van der Waals surface area contributed by atoms with Crippen LogP contribution in [0.4, 0.5) is 25.8 Å². The smallest absolute Gasteiger partial charge is 0.264 e. The Balaban J connectivity index is 1.68. The van der Waals surface area contributed by atoms with Crippen LogP contribution in [0.25, 0.3) is 11.1 Å². The summed E-state index contributed by atoms with van der Waals surface area (Å²) in [5.74, 6) is 0.114. The maximum Gasteiger partial charge on any atom is 0.264 e. The van der Waals surface area contributed by atoms with Crippen molar-refractivity contribution in [3.05, 3.63) is 59.9 Å². The molecule has 2 aliphatic rings. The average Bonchev–Trinajstić information content (AvgIpc) is 3.16. The molecular weight excluding hydrogens is 424 g/mol. The highest BCUT2D eigenvalue weighted by Crippen LogP contribution is 2.44. The molecule has 33 heavy (non-hydrogen) atoms. The van der Waals surface area contributed by atoms with Gasteiger partial charge in [0.15, 0.2) is 0 Å². The first kappa shape index (κ1) is 21.4. The fourth-order valence-electron chi connectivity index (χ4n) is 4.87. The van der Waals surface area contributed by atoms with Gasteiger partial charge in [-0.2, -0.15) is 5.10 Å². The van der Waals surface area contributed by atoms with Crippen molar-refractivity contribution in [2.24, 2.45) is 7.05 Å². The first-order valence-electron chi connectivity index (χ1n) is 11.2. The Kier molecular flexibility index (Phi) is 5.31. The third-order valence-electron chi connectivity index (χ3n) is 6.53. The van der Waals surface area contributed by atoms with Crippen molar-refractivity contribution in [2.75, 3.05) is 21.9 Å². The summed E-state index contributed by atoms with van der Waals surface area (Å²) >= 11 is 0. The highest BCUT2D eigenvalue weighted by molar-refractivity contribution is 6.01. The van der Waals surface area contributed by atoms with Crippen LogP contribution in [0.3, 0.4) is 0 Å². The van der Waals surface area contributed by atoms with Gasteiger partial charge in [-0.25, -0.2) is 13.8 Å². The number of alkyl halides is 2. The predicted octanol–water partition coefficient (Wildman–Crippen LogP) is 5.49. The summed E-state index contributed by atoms with van der Waals surface area (Å²) in [6.45, 7) is 4.64. The Labute approximate surface area is 191 Å². The van der Waals surface area contributed by atoms with Crippen LogP contribution in [0.15, 0.2) is 48.8 Å². The lowest BCUT2D eigenvalue weighted by Crippen LogP contribution is -2.50. The zero-order valence-electron chi connectivity index (χ0n) is 18.9. The van der Waals surface area contributed by atoms with Crippen LogP contribution in [0, 0.1) is 0 Å². The molecule has 0 aliphatic carbocycles. The number of hydrogen-bond donors (Lipinski definition) is 1. The van der Waals surface area contributed by atoms with Crippen LogP contribution in [-0.2, 0) is 11.8 Å². The van der Waals surface area contributed by atoms with E-state index in [1.807, 2.05) is 42.3 Å². The average molecular weight is 452 g/mol. The topological polar surface area (TPSA) is 53.4 Å². The molecule has 0 saturated heterocycles. The van der Waals surface area contributed by atoms with Crippen LogP contribution < -0.4 is 15.3 Å². The SMILES string of the molecule is C[C@@H]1CC(=O)N(N2CC[C@@H](C)c3cc(-c4cnn(C)c4)c(C(F)F)cc32)c2ccccc2N1. The van der Waals surface area contributed by atoms with E-state index < -0.39 is 6.43 Å². The van der Waals surface area contributed by atoms with Crippen LogP contribution >= 0.6 is 0 Å². The number of amides is 1. The summed E-state index contributed by atoms with van der Waals surface area (Å²) in [6, 6.07) is 11.1. The minimum atomic E-state index is -2.65. The van der Waals surface area contributed by atoms with Gasteiger partial charge in [0.25, 0.3) is 6.43 Å². The second kappa shape index (κ2) is 8.17. The summed E-state index contributed by atoms with van der Waals surface area (Å²) < 4.78 is 30.1. The molecule has 0 spiro atoms. The van der Waals surface area contributed by atoms with Crippen LogP contribution in [0.1, 0.15) is 50.2 Å². The highest BCUT2D eigenvalue weighted by atomic mass is 19.3. The molecule has 172 valence electrons. The number of aromatic nitrogens is 2. The lowest BCUT2D eigenvalue weighted by Gasteiger charge is -2.42. The molecular formula is C25H27F2N5O. The molecule has 1 aromatic heterocycles. The van der Waals surface area contributed by atoms with Gasteiger partial charge in [-0.15, -0.1) is 0 Å². The van der Waals surface area contributed by atoms with Gasteiger partial charge >= 0.3 is 0 Å². The second-order valence-corrected chi connectivity index (χ2v) is 8.99.